The third kappa shape index (κ3) is 2.92. The number of nitrogens with zero attached hydrogens (tertiary/aromatic N) is 1. The highest BCUT2D eigenvalue weighted by Crippen LogP contribution is 2.43. The number of nitro benzene ring substituents is 1. The maximum absolute atomic E-state index is 12.6. The second-order valence-electron chi connectivity index (χ2n) is 3.77. The van der Waals surface area contributed by atoms with Crippen LogP contribution in [0.3, 0.4) is 0 Å². The molecule has 1 aromatic carbocycles. The molecule has 0 aliphatic carbocycles. The number of alkyl halides is 3. The highest BCUT2D eigenvalue weighted by Gasteiger charge is 2.47. The number of benzene rings is 1. The molecule has 0 heterocycles. The number of methoxy groups -OCH3 is 2. The van der Waals surface area contributed by atoms with E-state index in [2.05, 4.69) is 9.47 Å². The first-order valence-electron chi connectivity index (χ1n) is 5.34. The Hall–Kier alpha value is -2.85. The number of halogens is 3. The van der Waals surface area contributed by atoms with Gasteiger partial charge >= 0.3 is 17.8 Å². The highest BCUT2D eigenvalue weighted by molar-refractivity contribution is 6.12. The van der Waals surface area contributed by atoms with E-state index < -0.39 is 51.2 Å². The van der Waals surface area contributed by atoms with Gasteiger partial charge in [-0.05, 0) is 6.07 Å². The molecule has 1 aromatic rings. The fraction of sp³-hybridized carbons (Fsp3) is 0.273. The number of Topliss-reactive ketones (excluding diaryl/α,β-unsaturated/α-hetero) is 1. The molecule has 0 amide bonds. The molecule has 1 N–H and O–H groups in total. The molecule has 0 atom stereocenters. The van der Waals surface area contributed by atoms with E-state index in [1.807, 2.05) is 0 Å². The molecule has 0 spiro atoms. The third-order valence-electron chi connectivity index (χ3n) is 2.54. The Morgan fingerprint density at radius 3 is 2.14 bits per heavy atom. The summed E-state index contributed by atoms with van der Waals surface area (Å²) in [7, 11) is 1.89. The molecular weight excluding hydrogens is 315 g/mol. The van der Waals surface area contributed by atoms with E-state index in [-0.39, 0.29) is 0 Å². The number of hydrogen-bond acceptors (Lipinski definition) is 6. The Morgan fingerprint density at radius 1 is 1.27 bits per heavy atom. The van der Waals surface area contributed by atoms with Crippen molar-refractivity contribution >= 4 is 17.4 Å². The lowest BCUT2D eigenvalue weighted by Crippen LogP contribution is -2.26. The van der Waals surface area contributed by atoms with Crippen molar-refractivity contribution in [3.63, 3.8) is 0 Å². The number of hydrogen-bond donors (Lipinski definition) is 1. The lowest BCUT2D eigenvalue weighted by molar-refractivity contribution is -0.386. The lowest BCUT2D eigenvalue weighted by Gasteiger charge is -2.14. The largest absolute Gasteiger partial charge is 0.493 e. The lowest BCUT2D eigenvalue weighted by atomic mass is 9.99. The average Bonchev–Trinajstić information content (AvgIpc) is 2.42. The number of ether oxygens (including phenoxy) is 2. The molecule has 1 rings (SSSR count). The molecule has 0 aliphatic heterocycles. The number of nitro groups is 1. The van der Waals surface area contributed by atoms with E-state index in [4.69, 9.17) is 5.11 Å². The van der Waals surface area contributed by atoms with Crippen molar-refractivity contribution in [3.05, 3.63) is 27.3 Å². The molecule has 0 aliphatic rings. The average molecular weight is 323 g/mol. The molecule has 0 radical (unpaired) electrons. The van der Waals surface area contributed by atoms with Crippen molar-refractivity contribution in [1.29, 1.82) is 0 Å². The van der Waals surface area contributed by atoms with Gasteiger partial charge in [0.2, 0.25) is 5.75 Å². The predicted molar refractivity (Wildman–Crippen MR) is 63.5 cm³/mol. The van der Waals surface area contributed by atoms with Gasteiger partial charge in [-0.15, -0.1) is 0 Å². The monoisotopic (exact) mass is 323 g/mol. The Balaban J connectivity index is 3.96. The maximum atomic E-state index is 12.6. The van der Waals surface area contributed by atoms with Crippen LogP contribution >= 0.6 is 0 Å². The van der Waals surface area contributed by atoms with Crippen LogP contribution < -0.4 is 9.47 Å². The number of carboxylic acid groups (broad SMARTS) is 1. The summed E-state index contributed by atoms with van der Waals surface area (Å²) in [5.41, 5.74) is -4.27. The van der Waals surface area contributed by atoms with E-state index in [0.29, 0.717) is 6.07 Å². The predicted octanol–water partition coefficient (Wildman–Crippen LogP) is 2.06. The molecule has 120 valence electrons. The molecule has 0 fully saturated rings. The van der Waals surface area contributed by atoms with Crippen LogP contribution in [0.15, 0.2) is 6.07 Å². The zero-order chi connectivity index (χ0) is 17.2. The summed E-state index contributed by atoms with van der Waals surface area (Å²) in [5.74, 6) is -5.91. The molecule has 8 nitrogen and oxygen atoms in total. The summed E-state index contributed by atoms with van der Waals surface area (Å²) < 4.78 is 47.0. The second kappa shape index (κ2) is 5.87. The van der Waals surface area contributed by atoms with Crippen molar-refractivity contribution in [3.8, 4) is 11.5 Å². The van der Waals surface area contributed by atoms with E-state index in [0.717, 1.165) is 14.2 Å². The summed E-state index contributed by atoms with van der Waals surface area (Å²) in [6, 6.07) is 0.549. The van der Waals surface area contributed by atoms with Crippen LogP contribution in [0, 0.1) is 10.1 Å². The molecular formula is C11H8F3NO7. The first kappa shape index (κ1) is 17.2. The smallest absolute Gasteiger partial charge is 0.455 e. The van der Waals surface area contributed by atoms with Crippen LogP contribution in [0.4, 0.5) is 18.9 Å². The van der Waals surface area contributed by atoms with Gasteiger partial charge in [-0.25, -0.2) is 4.79 Å². The number of carbonyl (C=O) groups excluding carboxylic acids is 1. The van der Waals surface area contributed by atoms with E-state index in [9.17, 15) is 32.9 Å². The van der Waals surface area contributed by atoms with E-state index in [1.165, 1.54) is 0 Å². The molecule has 0 aromatic heterocycles. The first-order chi connectivity index (χ1) is 10.1. The Bertz CT molecular complexity index is 654. The van der Waals surface area contributed by atoms with Gasteiger partial charge in [-0.3, -0.25) is 14.9 Å². The van der Waals surface area contributed by atoms with Crippen molar-refractivity contribution in [2.75, 3.05) is 14.2 Å². The summed E-state index contributed by atoms with van der Waals surface area (Å²) in [6.07, 6.45) is -5.51. The number of carboxylic acids is 1. The van der Waals surface area contributed by atoms with Gasteiger partial charge < -0.3 is 14.6 Å². The molecule has 11 heteroatoms. The van der Waals surface area contributed by atoms with Crippen LogP contribution in [-0.4, -0.2) is 42.2 Å². The highest BCUT2D eigenvalue weighted by atomic mass is 19.4. The van der Waals surface area contributed by atoms with Gasteiger partial charge in [-0.2, -0.15) is 13.2 Å². The standard InChI is InChI=1S/C11H8F3NO7/c1-21-5-3-4(10(17)18)6(9(16)11(12,13)14)7(15(19)20)8(5)22-2/h3H,1-2H3,(H,17,18). The molecule has 0 saturated carbocycles. The van der Waals surface area contributed by atoms with Gasteiger partial charge in [0.25, 0.3) is 5.78 Å². The molecule has 0 saturated heterocycles. The van der Waals surface area contributed by atoms with Gasteiger partial charge in [0.05, 0.1) is 24.7 Å². The first-order valence-corrected chi connectivity index (χ1v) is 5.34. The van der Waals surface area contributed by atoms with Gasteiger partial charge in [0, 0.05) is 0 Å². The normalized spacial score (nSPS) is 11.0. The molecule has 0 unspecified atom stereocenters. The fourth-order valence-corrected chi connectivity index (χ4v) is 1.69. The van der Waals surface area contributed by atoms with Gasteiger partial charge in [-0.1, -0.05) is 0 Å². The van der Waals surface area contributed by atoms with Crippen LogP contribution in [0.1, 0.15) is 20.7 Å². The van der Waals surface area contributed by atoms with Crippen molar-refractivity contribution < 1.29 is 42.3 Å². The fourth-order valence-electron chi connectivity index (χ4n) is 1.69. The second-order valence-corrected chi connectivity index (χ2v) is 3.77. The number of aromatic carboxylic acids is 1. The zero-order valence-electron chi connectivity index (χ0n) is 11.1. The van der Waals surface area contributed by atoms with E-state index in [1.54, 1.807) is 0 Å². The quantitative estimate of drug-likeness (QED) is 0.501. The number of ketones is 1. The summed E-state index contributed by atoms with van der Waals surface area (Å²) in [6.45, 7) is 0. The molecule has 0 bridgehead atoms. The van der Waals surface area contributed by atoms with Crippen LogP contribution in [-0.2, 0) is 0 Å². The summed E-state index contributed by atoms with van der Waals surface area (Å²) >= 11 is 0. The van der Waals surface area contributed by atoms with Crippen molar-refractivity contribution in [2.45, 2.75) is 6.18 Å². The number of carbonyl (C=O) groups is 2. The zero-order valence-corrected chi connectivity index (χ0v) is 11.1. The Kier molecular flexibility index (Phi) is 4.59. The third-order valence-corrected chi connectivity index (χ3v) is 2.54. The summed E-state index contributed by atoms with van der Waals surface area (Å²) in [5, 5.41) is 20.0. The SMILES string of the molecule is COc1cc(C(=O)O)c(C(=O)C(F)(F)F)c([N+](=O)[O-])c1OC. The topological polar surface area (TPSA) is 116 Å². The minimum Gasteiger partial charge on any atom is -0.493 e. The maximum Gasteiger partial charge on any atom is 0.455 e. The van der Waals surface area contributed by atoms with Crippen LogP contribution in [0.25, 0.3) is 0 Å². The Labute approximate surface area is 120 Å². The van der Waals surface area contributed by atoms with Crippen LogP contribution in [0.2, 0.25) is 0 Å². The minimum atomic E-state index is -5.51. The number of rotatable bonds is 5. The van der Waals surface area contributed by atoms with Crippen LogP contribution in [0.5, 0.6) is 11.5 Å². The van der Waals surface area contributed by atoms with Gasteiger partial charge in [0.1, 0.15) is 5.56 Å². The Morgan fingerprint density at radius 2 is 1.82 bits per heavy atom. The van der Waals surface area contributed by atoms with Gasteiger partial charge in [0.15, 0.2) is 5.75 Å². The van der Waals surface area contributed by atoms with Crippen molar-refractivity contribution in [1.82, 2.24) is 0 Å². The van der Waals surface area contributed by atoms with Crippen molar-refractivity contribution in [2.24, 2.45) is 0 Å². The minimum absolute atomic E-state index is 0.495. The molecule has 22 heavy (non-hydrogen) atoms. The summed E-state index contributed by atoms with van der Waals surface area (Å²) in [4.78, 5) is 32.1. The van der Waals surface area contributed by atoms with E-state index >= 15 is 0 Å².